The van der Waals surface area contributed by atoms with Gasteiger partial charge in [0, 0.05) is 19.9 Å². The second kappa shape index (κ2) is 6.47. The van der Waals surface area contributed by atoms with E-state index in [1.807, 2.05) is 0 Å². The first-order valence-corrected chi connectivity index (χ1v) is 7.40. The molecule has 0 spiro atoms. The quantitative estimate of drug-likeness (QED) is 0.283. The van der Waals surface area contributed by atoms with Crippen molar-refractivity contribution in [3.63, 3.8) is 0 Å². The molecule has 124 valence electrons. The van der Waals surface area contributed by atoms with Crippen molar-refractivity contribution in [1.82, 2.24) is 0 Å². The van der Waals surface area contributed by atoms with E-state index in [0.717, 1.165) is 0 Å². The number of esters is 2. The van der Waals surface area contributed by atoms with E-state index in [-0.39, 0.29) is 20.8 Å². The Morgan fingerprint density at radius 1 is 1.09 bits per heavy atom. The third-order valence-electron chi connectivity index (χ3n) is 2.71. The summed E-state index contributed by atoms with van der Waals surface area (Å²) in [5.41, 5.74) is -0.638. The maximum atomic E-state index is 11.8. The first-order chi connectivity index (χ1) is 10.6. The molecule has 6 nitrogen and oxygen atoms in total. The van der Waals surface area contributed by atoms with E-state index < -0.39 is 35.7 Å². The molecule has 0 aliphatic carbocycles. The van der Waals surface area contributed by atoms with Gasteiger partial charge in [0.2, 0.25) is 0 Å². The Hall–Kier alpha value is -1.63. The van der Waals surface area contributed by atoms with E-state index in [2.05, 4.69) is 0 Å². The molecule has 1 aromatic carbocycles. The highest BCUT2D eigenvalue weighted by Crippen LogP contribution is 2.34. The summed E-state index contributed by atoms with van der Waals surface area (Å²) in [5.74, 6) is -3.95. The monoisotopic (exact) mass is 380 g/mol. The molecule has 1 aliphatic rings. The van der Waals surface area contributed by atoms with Gasteiger partial charge < -0.3 is 19.3 Å². The fraction of sp³-hybridized carbons (Fsp3) is 0.286. The lowest BCUT2D eigenvalue weighted by atomic mass is 10.2. The highest BCUT2D eigenvalue weighted by molar-refractivity contribution is 6.43. The van der Waals surface area contributed by atoms with Gasteiger partial charge in [-0.05, 0) is 6.07 Å². The molecule has 0 amide bonds. The van der Waals surface area contributed by atoms with Crippen molar-refractivity contribution in [3.8, 4) is 5.75 Å². The summed E-state index contributed by atoms with van der Waals surface area (Å²) in [6.45, 7) is 2.27. The van der Waals surface area contributed by atoms with E-state index in [9.17, 15) is 14.7 Å². The van der Waals surface area contributed by atoms with Gasteiger partial charge in [-0.1, -0.05) is 34.8 Å². The lowest BCUT2D eigenvalue weighted by molar-refractivity contribution is -0.222. The molecule has 0 unspecified atom stereocenters. The van der Waals surface area contributed by atoms with Crippen molar-refractivity contribution < 1.29 is 28.9 Å². The summed E-state index contributed by atoms with van der Waals surface area (Å²) in [6, 6.07) is 2.70. The first kappa shape index (κ1) is 17.7. The Labute approximate surface area is 146 Å². The molecule has 0 aromatic heterocycles. The summed E-state index contributed by atoms with van der Waals surface area (Å²) in [5, 5.41) is 10.5. The number of benzene rings is 1. The minimum atomic E-state index is -1.40. The number of rotatable bonds is 3. The molecule has 1 aromatic rings. The maximum absolute atomic E-state index is 11.8. The van der Waals surface area contributed by atoms with Gasteiger partial charge in [-0.3, -0.25) is 0 Å². The number of aliphatic hydroxyl groups is 1. The predicted molar refractivity (Wildman–Crippen MR) is 82.9 cm³/mol. The zero-order valence-electron chi connectivity index (χ0n) is 12.0. The number of cyclic esters (lactones) is 2. The number of hydrogen-bond acceptors (Lipinski definition) is 6. The number of hydrogen-bond donors (Lipinski definition) is 1. The molecule has 1 fully saturated rings. The number of halogens is 3. The largest absolute Gasteiger partial charge is 0.508 e. The minimum absolute atomic E-state index is 0.117. The second-order valence-electron chi connectivity index (χ2n) is 4.99. The minimum Gasteiger partial charge on any atom is -0.508 e. The standard InChI is InChI=1S/C14H11Cl3O6/c1-14(2)22-12(19)11(13(20)23-14)9(18)5-21-10-4-7(16)6(15)3-8(10)17/h3-4,18H,5H2,1-2H3. The summed E-state index contributed by atoms with van der Waals surface area (Å²) < 4.78 is 15.0. The summed E-state index contributed by atoms with van der Waals surface area (Å²) in [6.07, 6.45) is 0. The van der Waals surface area contributed by atoms with E-state index in [1.165, 1.54) is 26.0 Å². The normalized spacial score (nSPS) is 16.7. The van der Waals surface area contributed by atoms with E-state index in [0.29, 0.717) is 0 Å². The van der Waals surface area contributed by atoms with E-state index in [4.69, 9.17) is 49.0 Å². The van der Waals surface area contributed by atoms with Gasteiger partial charge in [-0.2, -0.15) is 0 Å². The molecule has 0 atom stereocenters. The third-order valence-corrected chi connectivity index (χ3v) is 3.73. The zero-order valence-corrected chi connectivity index (χ0v) is 14.3. The van der Waals surface area contributed by atoms with Crippen LogP contribution in [0.5, 0.6) is 5.75 Å². The van der Waals surface area contributed by atoms with E-state index in [1.54, 1.807) is 0 Å². The molecule has 1 saturated heterocycles. The summed E-state index contributed by atoms with van der Waals surface area (Å²) in [4.78, 5) is 23.6. The Morgan fingerprint density at radius 3 is 2.17 bits per heavy atom. The van der Waals surface area contributed by atoms with Crippen molar-refractivity contribution in [2.24, 2.45) is 0 Å². The first-order valence-electron chi connectivity index (χ1n) is 6.27. The van der Waals surface area contributed by atoms with E-state index >= 15 is 0 Å². The predicted octanol–water partition coefficient (Wildman–Crippen LogP) is 3.67. The molecular weight excluding hydrogens is 371 g/mol. The highest BCUT2D eigenvalue weighted by Gasteiger charge is 2.41. The van der Waals surface area contributed by atoms with Crippen LogP contribution >= 0.6 is 34.8 Å². The maximum Gasteiger partial charge on any atom is 0.352 e. The van der Waals surface area contributed by atoms with Crippen LogP contribution in [-0.2, 0) is 19.1 Å². The molecule has 0 radical (unpaired) electrons. The third kappa shape index (κ3) is 4.02. The molecular formula is C14H11Cl3O6. The average Bonchev–Trinajstić information content (AvgIpc) is 2.39. The van der Waals surface area contributed by atoms with Crippen LogP contribution in [0.4, 0.5) is 0 Å². The molecule has 1 N–H and O–H groups in total. The average molecular weight is 382 g/mol. The van der Waals surface area contributed by atoms with Gasteiger partial charge in [0.1, 0.15) is 12.4 Å². The summed E-state index contributed by atoms with van der Waals surface area (Å²) in [7, 11) is 0. The highest BCUT2D eigenvalue weighted by atomic mass is 35.5. The van der Waals surface area contributed by atoms with Crippen LogP contribution in [0.2, 0.25) is 15.1 Å². The Balaban J connectivity index is 2.19. The van der Waals surface area contributed by atoms with Crippen molar-refractivity contribution in [2.45, 2.75) is 19.6 Å². The molecule has 23 heavy (non-hydrogen) atoms. The number of aliphatic hydroxyl groups excluding tert-OH is 1. The van der Waals surface area contributed by atoms with Crippen molar-refractivity contribution >= 4 is 46.7 Å². The van der Waals surface area contributed by atoms with Gasteiger partial charge in [0.05, 0.1) is 15.1 Å². The van der Waals surface area contributed by atoms with Crippen LogP contribution in [0.15, 0.2) is 23.5 Å². The smallest absolute Gasteiger partial charge is 0.352 e. The van der Waals surface area contributed by atoms with Crippen LogP contribution in [0.3, 0.4) is 0 Å². The lowest BCUT2D eigenvalue weighted by Gasteiger charge is -2.30. The van der Waals surface area contributed by atoms with Crippen LogP contribution in [0.25, 0.3) is 0 Å². The Morgan fingerprint density at radius 2 is 1.61 bits per heavy atom. The molecule has 0 bridgehead atoms. The lowest BCUT2D eigenvalue weighted by Crippen LogP contribution is -2.42. The van der Waals surface area contributed by atoms with Crippen LogP contribution in [-0.4, -0.2) is 29.4 Å². The topological polar surface area (TPSA) is 82.1 Å². The van der Waals surface area contributed by atoms with Crippen molar-refractivity contribution in [2.75, 3.05) is 6.61 Å². The molecule has 2 rings (SSSR count). The summed E-state index contributed by atoms with van der Waals surface area (Å²) >= 11 is 17.5. The molecule has 9 heteroatoms. The second-order valence-corrected chi connectivity index (χ2v) is 6.21. The number of carbonyl (C=O) groups excluding carboxylic acids is 2. The SMILES string of the molecule is CC1(C)OC(=O)C(=C(O)COc2cc(Cl)c(Cl)cc2Cl)C(=O)O1. The van der Waals surface area contributed by atoms with Crippen LogP contribution < -0.4 is 4.74 Å². The molecule has 0 saturated carbocycles. The Kier molecular flexibility index (Phi) is 4.98. The fourth-order valence-corrected chi connectivity index (χ4v) is 2.31. The van der Waals surface area contributed by atoms with Crippen molar-refractivity contribution in [3.05, 3.63) is 38.5 Å². The zero-order chi connectivity index (χ0) is 17.4. The fourth-order valence-electron chi connectivity index (χ4n) is 1.72. The number of ether oxygens (including phenoxy) is 3. The van der Waals surface area contributed by atoms with Gasteiger partial charge in [0.25, 0.3) is 5.79 Å². The van der Waals surface area contributed by atoms with Gasteiger partial charge >= 0.3 is 11.9 Å². The van der Waals surface area contributed by atoms with Gasteiger partial charge in [0.15, 0.2) is 11.3 Å². The van der Waals surface area contributed by atoms with Gasteiger partial charge in [-0.15, -0.1) is 0 Å². The van der Waals surface area contributed by atoms with Crippen molar-refractivity contribution in [1.29, 1.82) is 0 Å². The van der Waals surface area contributed by atoms with Gasteiger partial charge in [-0.25, -0.2) is 9.59 Å². The molecule has 1 aliphatic heterocycles. The Bertz CT molecular complexity index is 689. The number of carbonyl (C=O) groups is 2. The molecule has 1 heterocycles. The van der Waals surface area contributed by atoms with Crippen LogP contribution in [0.1, 0.15) is 13.8 Å². The van der Waals surface area contributed by atoms with Crippen LogP contribution in [0, 0.1) is 0 Å².